The van der Waals surface area contributed by atoms with Gasteiger partial charge in [-0.1, -0.05) is 47.5 Å². The van der Waals surface area contributed by atoms with Crippen LogP contribution < -0.4 is 0 Å². The van der Waals surface area contributed by atoms with Crippen molar-refractivity contribution in [3.8, 4) is 0 Å². The summed E-state index contributed by atoms with van der Waals surface area (Å²) in [4.78, 5) is 0. The predicted molar refractivity (Wildman–Crippen MR) is 94.4 cm³/mol. The molecule has 0 aliphatic carbocycles. The van der Waals surface area contributed by atoms with Crippen LogP contribution in [0.4, 0.5) is 0 Å². The second-order valence-electron chi connectivity index (χ2n) is 5.79. The molecule has 0 saturated heterocycles. The number of rotatable bonds is 6. The minimum atomic E-state index is -1.53. The minimum Gasteiger partial charge on any atom is -0.391 e. The van der Waals surface area contributed by atoms with Crippen molar-refractivity contribution in [2.45, 2.75) is 37.3 Å². The molecule has 0 radical (unpaired) electrons. The fraction of sp³-hybridized carbons (Fsp3) is 0.333. The fourth-order valence-corrected chi connectivity index (χ4v) is 2.86. The summed E-state index contributed by atoms with van der Waals surface area (Å²) in [5.74, 6) is -0.622. The van der Waals surface area contributed by atoms with E-state index in [4.69, 9.17) is 23.2 Å². The normalized spacial score (nSPS) is 16.7. The average molecular weight is 371 g/mol. The third-order valence-corrected chi connectivity index (χ3v) is 4.50. The van der Waals surface area contributed by atoms with Crippen LogP contribution in [-0.4, -0.2) is 44.8 Å². The SMILES string of the molecule is C[C@@H](O)[C@H](O)[C@H](O)[C@H](O)C(c1ccc(Cl)cc1)c1ccc(Cl)cc1. The molecule has 0 unspecified atom stereocenters. The topological polar surface area (TPSA) is 80.9 Å². The van der Waals surface area contributed by atoms with E-state index >= 15 is 0 Å². The Labute approximate surface area is 150 Å². The smallest absolute Gasteiger partial charge is 0.109 e. The third kappa shape index (κ3) is 4.48. The Balaban J connectivity index is 2.42. The minimum absolute atomic E-state index is 0.549. The first-order valence-electron chi connectivity index (χ1n) is 7.54. The van der Waals surface area contributed by atoms with Gasteiger partial charge >= 0.3 is 0 Å². The second-order valence-corrected chi connectivity index (χ2v) is 6.67. The van der Waals surface area contributed by atoms with E-state index in [0.717, 1.165) is 0 Å². The average Bonchev–Trinajstić information content (AvgIpc) is 2.56. The summed E-state index contributed by atoms with van der Waals surface area (Å²) < 4.78 is 0. The summed E-state index contributed by atoms with van der Waals surface area (Å²) in [7, 11) is 0. The van der Waals surface area contributed by atoms with Crippen LogP contribution in [0.1, 0.15) is 24.0 Å². The van der Waals surface area contributed by atoms with Gasteiger partial charge in [-0.15, -0.1) is 0 Å². The Morgan fingerprint density at radius 2 is 1.00 bits per heavy atom. The third-order valence-electron chi connectivity index (χ3n) is 3.99. The molecule has 2 rings (SSSR count). The van der Waals surface area contributed by atoms with E-state index in [0.29, 0.717) is 21.2 Å². The van der Waals surface area contributed by atoms with Crippen LogP contribution in [0.2, 0.25) is 10.0 Å². The molecular formula is C18H20Cl2O4. The van der Waals surface area contributed by atoms with Crippen LogP contribution in [0.15, 0.2) is 48.5 Å². The lowest BCUT2D eigenvalue weighted by atomic mass is 9.82. The van der Waals surface area contributed by atoms with Gasteiger partial charge in [0.2, 0.25) is 0 Å². The van der Waals surface area contributed by atoms with E-state index in [1.54, 1.807) is 48.5 Å². The summed E-state index contributed by atoms with van der Waals surface area (Å²) in [5.41, 5.74) is 1.43. The zero-order valence-electron chi connectivity index (χ0n) is 13.1. The number of hydrogen-bond acceptors (Lipinski definition) is 4. The summed E-state index contributed by atoms with van der Waals surface area (Å²) in [6.07, 6.45) is -5.51. The second kappa shape index (κ2) is 8.30. The molecule has 0 saturated carbocycles. The Bertz CT molecular complexity index is 598. The number of aliphatic hydroxyl groups excluding tert-OH is 4. The Kier molecular flexibility index (Phi) is 6.63. The molecule has 2 aromatic rings. The van der Waals surface area contributed by atoms with Crippen LogP contribution in [-0.2, 0) is 0 Å². The molecule has 2 aromatic carbocycles. The van der Waals surface area contributed by atoms with E-state index in [9.17, 15) is 20.4 Å². The first kappa shape index (κ1) is 19.2. The zero-order valence-corrected chi connectivity index (χ0v) is 14.6. The lowest BCUT2D eigenvalue weighted by Crippen LogP contribution is -2.46. The van der Waals surface area contributed by atoms with Crippen LogP contribution in [0.25, 0.3) is 0 Å². The maximum absolute atomic E-state index is 10.7. The van der Waals surface area contributed by atoms with E-state index in [-0.39, 0.29) is 0 Å². The highest BCUT2D eigenvalue weighted by atomic mass is 35.5. The van der Waals surface area contributed by atoms with Gasteiger partial charge in [-0.25, -0.2) is 0 Å². The molecule has 0 spiro atoms. The Morgan fingerprint density at radius 1 is 0.625 bits per heavy atom. The van der Waals surface area contributed by atoms with E-state index in [1.165, 1.54) is 6.92 Å². The lowest BCUT2D eigenvalue weighted by molar-refractivity contribution is -0.103. The van der Waals surface area contributed by atoms with Crippen LogP contribution in [0.3, 0.4) is 0 Å². The van der Waals surface area contributed by atoms with Gasteiger partial charge in [0.15, 0.2) is 0 Å². The van der Waals surface area contributed by atoms with Crippen LogP contribution >= 0.6 is 23.2 Å². The molecule has 4 nitrogen and oxygen atoms in total. The first-order valence-corrected chi connectivity index (χ1v) is 8.30. The van der Waals surface area contributed by atoms with E-state index < -0.39 is 30.3 Å². The van der Waals surface area contributed by atoms with Gasteiger partial charge in [-0.05, 0) is 42.3 Å². The molecule has 24 heavy (non-hydrogen) atoms. The van der Waals surface area contributed by atoms with Gasteiger partial charge in [0, 0.05) is 16.0 Å². The van der Waals surface area contributed by atoms with Crippen molar-refractivity contribution in [2.24, 2.45) is 0 Å². The predicted octanol–water partition coefficient (Wildman–Crippen LogP) is 2.59. The summed E-state index contributed by atoms with van der Waals surface area (Å²) in [5, 5.41) is 41.4. The molecule has 0 bridgehead atoms. The number of halogens is 2. The molecule has 0 aliphatic heterocycles. The standard InChI is InChI=1S/C18H20Cl2O4/c1-10(21)16(22)18(24)17(23)15(11-2-6-13(19)7-3-11)12-4-8-14(20)9-5-12/h2-10,15-18,21-24H,1H3/t10-,16+,17-,18+/m1/s1. The molecule has 0 amide bonds. The highest BCUT2D eigenvalue weighted by Gasteiger charge is 2.35. The van der Waals surface area contributed by atoms with E-state index in [2.05, 4.69) is 0 Å². The molecule has 0 heterocycles. The molecular weight excluding hydrogens is 351 g/mol. The Morgan fingerprint density at radius 3 is 1.33 bits per heavy atom. The van der Waals surface area contributed by atoms with Crippen molar-refractivity contribution in [3.63, 3.8) is 0 Å². The summed E-state index contributed by atoms with van der Waals surface area (Å²) >= 11 is 11.8. The van der Waals surface area contributed by atoms with Crippen LogP contribution in [0.5, 0.6) is 0 Å². The quantitative estimate of drug-likeness (QED) is 0.629. The maximum atomic E-state index is 10.7. The van der Waals surface area contributed by atoms with Crippen molar-refractivity contribution in [1.82, 2.24) is 0 Å². The Hall–Kier alpha value is -1.14. The molecule has 130 valence electrons. The zero-order chi connectivity index (χ0) is 17.9. The van der Waals surface area contributed by atoms with Crippen molar-refractivity contribution in [1.29, 1.82) is 0 Å². The maximum Gasteiger partial charge on any atom is 0.109 e. The van der Waals surface area contributed by atoms with Crippen molar-refractivity contribution in [3.05, 3.63) is 69.7 Å². The molecule has 0 fully saturated rings. The van der Waals surface area contributed by atoms with Gasteiger partial charge in [-0.3, -0.25) is 0 Å². The van der Waals surface area contributed by atoms with Gasteiger partial charge in [0.05, 0.1) is 12.2 Å². The number of hydrogen-bond donors (Lipinski definition) is 4. The number of benzene rings is 2. The fourth-order valence-electron chi connectivity index (χ4n) is 2.61. The molecule has 4 atom stereocenters. The highest BCUT2D eigenvalue weighted by molar-refractivity contribution is 6.30. The monoisotopic (exact) mass is 370 g/mol. The number of aliphatic hydroxyl groups is 4. The molecule has 6 heteroatoms. The highest BCUT2D eigenvalue weighted by Crippen LogP contribution is 2.32. The van der Waals surface area contributed by atoms with Gasteiger partial charge < -0.3 is 20.4 Å². The van der Waals surface area contributed by atoms with Crippen molar-refractivity contribution < 1.29 is 20.4 Å². The van der Waals surface area contributed by atoms with Gasteiger partial charge in [0.1, 0.15) is 12.2 Å². The van der Waals surface area contributed by atoms with Crippen molar-refractivity contribution >= 4 is 23.2 Å². The molecule has 0 aliphatic rings. The summed E-state index contributed by atoms with van der Waals surface area (Å²) in [6, 6.07) is 13.7. The first-order chi connectivity index (χ1) is 11.3. The van der Waals surface area contributed by atoms with Crippen LogP contribution in [0, 0.1) is 0 Å². The van der Waals surface area contributed by atoms with Crippen molar-refractivity contribution in [2.75, 3.05) is 0 Å². The molecule has 4 N–H and O–H groups in total. The van der Waals surface area contributed by atoms with Gasteiger partial charge in [0.25, 0.3) is 0 Å². The van der Waals surface area contributed by atoms with Gasteiger partial charge in [-0.2, -0.15) is 0 Å². The van der Waals surface area contributed by atoms with E-state index in [1.807, 2.05) is 0 Å². The lowest BCUT2D eigenvalue weighted by Gasteiger charge is -2.31. The largest absolute Gasteiger partial charge is 0.391 e. The molecule has 0 aromatic heterocycles. The summed E-state index contributed by atoms with van der Waals surface area (Å²) in [6.45, 7) is 1.35.